The summed E-state index contributed by atoms with van der Waals surface area (Å²) in [5, 5.41) is 0. The van der Waals surface area contributed by atoms with Gasteiger partial charge in [0, 0.05) is 45.1 Å². The maximum absolute atomic E-state index is 12.3. The molecule has 0 radical (unpaired) electrons. The normalized spacial score (nSPS) is 17.7. The summed E-state index contributed by atoms with van der Waals surface area (Å²) < 4.78 is 26.2. The first-order chi connectivity index (χ1) is 9.97. The second kappa shape index (κ2) is 7.26. The topological polar surface area (TPSA) is 79.5 Å². The molecule has 1 fully saturated rings. The Morgan fingerprint density at radius 1 is 1.24 bits per heavy atom. The van der Waals surface area contributed by atoms with Crippen molar-refractivity contribution >= 4 is 27.2 Å². The molecule has 2 heterocycles. The molecule has 1 aliphatic rings. The van der Waals surface area contributed by atoms with E-state index in [0.717, 1.165) is 5.56 Å². The summed E-state index contributed by atoms with van der Waals surface area (Å²) in [6, 6.07) is 3.69. The summed E-state index contributed by atoms with van der Waals surface area (Å²) >= 11 is 4.87. The highest BCUT2D eigenvalue weighted by molar-refractivity contribution is 7.89. The predicted octanol–water partition coefficient (Wildman–Crippen LogP) is -0.142. The first-order valence-electron chi connectivity index (χ1n) is 6.85. The van der Waals surface area contributed by atoms with Gasteiger partial charge in [-0.15, -0.1) is 0 Å². The van der Waals surface area contributed by atoms with Crippen molar-refractivity contribution in [3.05, 3.63) is 30.1 Å². The molecule has 0 atom stereocenters. The summed E-state index contributed by atoms with van der Waals surface area (Å²) in [6.07, 6.45) is 3.87. The molecule has 0 amide bonds. The summed E-state index contributed by atoms with van der Waals surface area (Å²) in [7, 11) is -3.21. The van der Waals surface area contributed by atoms with E-state index in [4.69, 9.17) is 18.0 Å². The van der Waals surface area contributed by atoms with Gasteiger partial charge >= 0.3 is 0 Å². The van der Waals surface area contributed by atoms with Crippen LogP contribution in [-0.2, 0) is 16.4 Å². The van der Waals surface area contributed by atoms with Gasteiger partial charge in [-0.2, -0.15) is 4.31 Å². The van der Waals surface area contributed by atoms with Gasteiger partial charge in [-0.05, 0) is 24.1 Å². The lowest BCUT2D eigenvalue weighted by atomic mass is 10.2. The van der Waals surface area contributed by atoms with Gasteiger partial charge < -0.3 is 5.73 Å². The maximum Gasteiger partial charge on any atom is 0.214 e. The number of hydrogen-bond donors (Lipinski definition) is 1. The summed E-state index contributed by atoms with van der Waals surface area (Å²) in [6.45, 7) is 2.90. The van der Waals surface area contributed by atoms with Gasteiger partial charge in [0.2, 0.25) is 10.0 Å². The van der Waals surface area contributed by atoms with Crippen LogP contribution in [0.4, 0.5) is 0 Å². The van der Waals surface area contributed by atoms with Gasteiger partial charge in [0.1, 0.15) is 0 Å². The molecule has 116 valence electrons. The Kier molecular flexibility index (Phi) is 5.63. The first-order valence-corrected chi connectivity index (χ1v) is 8.86. The second-order valence-electron chi connectivity index (χ2n) is 5.06. The Bertz CT molecular complexity index is 569. The minimum atomic E-state index is -3.21. The van der Waals surface area contributed by atoms with Crippen LogP contribution in [0.1, 0.15) is 5.56 Å². The molecule has 0 bridgehead atoms. The van der Waals surface area contributed by atoms with E-state index in [1.807, 2.05) is 12.1 Å². The highest BCUT2D eigenvalue weighted by Crippen LogP contribution is 2.10. The largest absolute Gasteiger partial charge is 0.392 e. The van der Waals surface area contributed by atoms with Crippen molar-refractivity contribution in [2.75, 3.05) is 38.5 Å². The highest BCUT2D eigenvalue weighted by Gasteiger charge is 2.26. The van der Waals surface area contributed by atoms with Crippen molar-refractivity contribution in [2.45, 2.75) is 6.42 Å². The number of piperazine rings is 1. The molecule has 0 aliphatic carbocycles. The molecule has 6 nitrogen and oxygen atoms in total. The van der Waals surface area contributed by atoms with E-state index in [-0.39, 0.29) is 5.75 Å². The van der Waals surface area contributed by atoms with Gasteiger partial charge in [0.15, 0.2) is 0 Å². The van der Waals surface area contributed by atoms with E-state index in [9.17, 15) is 8.42 Å². The summed E-state index contributed by atoms with van der Waals surface area (Å²) in [5.41, 5.74) is 6.50. The fourth-order valence-electron chi connectivity index (χ4n) is 2.31. The van der Waals surface area contributed by atoms with Crippen molar-refractivity contribution in [1.82, 2.24) is 14.2 Å². The number of thiocarbonyl (C=S) groups is 1. The van der Waals surface area contributed by atoms with Crippen LogP contribution in [-0.4, -0.2) is 66.1 Å². The van der Waals surface area contributed by atoms with Crippen LogP contribution in [0.2, 0.25) is 0 Å². The SMILES string of the molecule is NC(=S)CN1CCN(S(=O)(=O)CCc2ccncc2)CC1. The molecule has 2 N–H and O–H groups in total. The zero-order valence-corrected chi connectivity index (χ0v) is 13.4. The van der Waals surface area contributed by atoms with Gasteiger partial charge in [0.25, 0.3) is 0 Å². The molecule has 0 saturated carbocycles. The number of pyridine rings is 1. The van der Waals surface area contributed by atoms with E-state index in [2.05, 4.69) is 9.88 Å². The third kappa shape index (κ3) is 4.99. The van der Waals surface area contributed by atoms with Crippen molar-refractivity contribution < 1.29 is 8.42 Å². The maximum atomic E-state index is 12.3. The zero-order chi connectivity index (χ0) is 15.3. The van der Waals surface area contributed by atoms with Crippen LogP contribution in [0.25, 0.3) is 0 Å². The molecule has 0 spiro atoms. The van der Waals surface area contributed by atoms with E-state index in [0.29, 0.717) is 44.1 Å². The van der Waals surface area contributed by atoms with Crippen molar-refractivity contribution in [3.8, 4) is 0 Å². The second-order valence-corrected chi connectivity index (χ2v) is 7.68. The molecule has 1 aliphatic heterocycles. The number of aromatic nitrogens is 1. The first kappa shape index (κ1) is 16.3. The molecular formula is C13H20N4O2S2. The third-order valence-corrected chi connectivity index (χ3v) is 5.50. The molecule has 1 aromatic heterocycles. The molecule has 1 aromatic rings. The minimum Gasteiger partial charge on any atom is -0.392 e. The number of rotatable bonds is 6. The van der Waals surface area contributed by atoms with E-state index in [1.165, 1.54) is 0 Å². The quantitative estimate of drug-likeness (QED) is 0.732. The average Bonchev–Trinajstić information content (AvgIpc) is 2.46. The monoisotopic (exact) mass is 328 g/mol. The average molecular weight is 328 g/mol. The number of aryl methyl sites for hydroxylation is 1. The minimum absolute atomic E-state index is 0.131. The van der Waals surface area contributed by atoms with E-state index < -0.39 is 10.0 Å². The molecule has 1 saturated heterocycles. The zero-order valence-electron chi connectivity index (χ0n) is 11.8. The number of nitrogens with zero attached hydrogens (tertiary/aromatic N) is 3. The lowest BCUT2D eigenvalue weighted by molar-refractivity contribution is 0.209. The van der Waals surface area contributed by atoms with Gasteiger partial charge in [-0.1, -0.05) is 12.2 Å². The van der Waals surface area contributed by atoms with Crippen LogP contribution in [0.3, 0.4) is 0 Å². The Hall–Kier alpha value is -1.09. The van der Waals surface area contributed by atoms with E-state index >= 15 is 0 Å². The van der Waals surface area contributed by atoms with Crippen LogP contribution in [0.5, 0.6) is 0 Å². The van der Waals surface area contributed by atoms with Crippen molar-refractivity contribution in [3.63, 3.8) is 0 Å². The molecule has 0 unspecified atom stereocenters. The predicted molar refractivity (Wildman–Crippen MR) is 86.5 cm³/mol. The molecule has 8 heteroatoms. The van der Waals surface area contributed by atoms with E-state index in [1.54, 1.807) is 16.7 Å². The van der Waals surface area contributed by atoms with Crippen LogP contribution < -0.4 is 5.73 Å². The fourth-order valence-corrected chi connectivity index (χ4v) is 3.97. The molecule has 2 rings (SSSR count). The van der Waals surface area contributed by atoms with Gasteiger partial charge in [-0.3, -0.25) is 9.88 Å². The fraction of sp³-hybridized carbons (Fsp3) is 0.538. The number of nitrogens with two attached hydrogens (primary N) is 1. The smallest absolute Gasteiger partial charge is 0.214 e. The summed E-state index contributed by atoms with van der Waals surface area (Å²) in [5.74, 6) is 0.131. The Morgan fingerprint density at radius 3 is 2.43 bits per heavy atom. The lowest BCUT2D eigenvalue weighted by Crippen LogP contribution is -2.50. The highest BCUT2D eigenvalue weighted by atomic mass is 32.2. The van der Waals surface area contributed by atoms with Crippen molar-refractivity contribution in [2.24, 2.45) is 5.73 Å². The van der Waals surface area contributed by atoms with Crippen LogP contribution in [0, 0.1) is 0 Å². The van der Waals surface area contributed by atoms with Crippen molar-refractivity contribution in [1.29, 1.82) is 0 Å². The van der Waals surface area contributed by atoms with Gasteiger partial charge in [-0.25, -0.2) is 8.42 Å². The van der Waals surface area contributed by atoms with Crippen LogP contribution in [0.15, 0.2) is 24.5 Å². The van der Waals surface area contributed by atoms with Crippen LogP contribution >= 0.6 is 12.2 Å². The Balaban J connectivity index is 1.85. The summed E-state index contributed by atoms with van der Waals surface area (Å²) in [4.78, 5) is 6.45. The van der Waals surface area contributed by atoms with Gasteiger partial charge in [0.05, 0.1) is 10.7 Å². The molecule has 0 aromatic carbocycles. The Labute approximate surface area is 131 Å². The number of sulfonamides is 1. The third-order valence-electron chi connectivity index (χ3n) is 3.50. The number of hydrogen-bond acceptors (Lipinski definition) is 5. The molecule has 21 heavy (non-hydrogen) atoms. The Morgan fingerprint density at radius 2 is 1.86 bits per heavy atom. The lowest BCUT2D eigenvalue weighted by Gasteiger charge is -2.33. The standard InChI is InChI=1S/C13H20N4O2S2/c14-13(20)11-16-6-8-17(9-7-16)21(18,19)10-3-12-1-4-15-5-2-12/h1-2,4-5H,3,6-11H2,(H2,14,20). The molecular weight excluding hydrogens is 308 g/mol.